The molecule has 0 bridgehead atoms. The van der Waals surface area contributed by atoms with E-state index >= 15 is 0 Å². The summed E-state index contributed by atoms with van der Waals surface area (Å²) >= 11 is 0. The minimum atomic E-state index is -2.73. The van der Waals surface area contributed by atoms with Gasteiger partial charge in [-0.25, -0.2) is 8.42 Å². The Kier molecular flexibility index (Phi) is 2.33. The third-order valence-corrected chi connectivity index (χ3v) is 4.73. The second-order valence-corrected chi connectivity index (χ2v) is 6.33. The number of hydrogen-bond acceptors (Lipinski definition) is 4. The molecule has 4 nitrogen and oxygen atoms in total. The van der Waals surface area contributed by atoms with E-state index in [0.717, 1.165) is 25.9 Å². The highest BCUT2D eigenvalue weighted by molar-refractivity contribution is 7.91. The van der Waals surface area contributed by atoms with E-state index in [4.69, 9.17) is 5.73 Å². The van der Waals surface area contributed by atoms with Gasteiger partial charge in [-0.2, -0.15) is 0 Å². The number of hydrogen-bond donors (Lipinski definition) is 1. The van der Waals surface area contributed by atoms with Gasteiger partial charge in [0.2, 0.25) is 0 Å². The van der Waals surface area contributed by atoms with E-state index in [1.54, 1.807) is 0 Å². The predicted molar refractivity (Wildman–Crippen MR) is 51.2 cm³/mol. The van der Waals surface area contributed by atoms with Gasteiger partial charge in [-0.3, -0.25) is 4.90 Å². The molecule has 13 heavy (non-hydrogen) atoms. The summed E-state index contributed by atoms with van der Waals surface area (Å²) in [6.07, 6.45) is 1.81. The average Bonchev–Trinajstić information content (AvgIpc) is 2.56. The van der Waals surface area contributed by atoms with Crippen LogP contribution in [-0.2, 0) is 9.84 Å². The molecule has 0 aromatic rings. The van der Waals surface area contributed by atoms with Gasteiger partial charge in [0.05, 0.1) is 11.5 Å². The Morgan fingerprint density at radius 2 is 2.08 bits per heavy atom. The van der Waals surface area contributed by atoms with E-state index in [2.05, 4.69) is 4.90 Å². The lowest BCUT2D eigenvalue weighted by atomic mass is 10.2. The van der Waals surface area contributed by atoms with Crippen LogP contribution >= 0.6 is 0 Å². The maximum Gasteiger partial charge on any atom is 0.151 e. The summed E-state index contributed by atoms with van der Waals surface area (Å²) in [5.41, 5.74) is 5.77. The summed E-state index contributed by atoms with van der Waals surface area (Å²) in [5.74, 6) is 0.711. The fourth-order valence-electron chi connectivity index (χ4n) is 2.21. The van der Waals surface area contributed by atoms with Crippen LogP contribution in [0.5, 0.6) is 0 Å². The molecule has 0 amide bonds. The van der Waals surface area contributed by atoms with Crippen molar-refractivity contribution in [3.63, 3.8) is 0 Å². The molecule has 2 fully saturated rings. The molecule has 0 spiro atoms. The fraction of sp³-hybridized carbons (Fsp3) is 1.00. The molecule has 5 heteroatoms. The molecule has 2 saturated heterocycles. The highest BCUT2D eigenvalue weighted by Gasteiger charge is 2.34. The Hall–Kier alpha value is -0.130. The van der Waals surface area contributed by atoms with Crippen molar-refractivity contribution in [2.75, 3.05) is 24.6 Å². The minimum Gasteiger partial charge on any atom is -0.326 e. The highest BCUT2D eigenvalue weighted by atomic mass is 32.2. The van der Waals surface area contributed by atoms with E-state index in [1.807, 2.05) is 0 Å². The zero-order chi connectivity index (χ0) is 9.47. The Labute approximate surface area is 79.0 Å². The number of likely N-dealkylation sites (tertiary alicyclic amines) is 1. The number of nitrogens with two attached hydrogens (primary N) is 1. The van der Waals surface area contributed by atoms with Crippen molar-refractivity contribution in [2.24, 2.45) is 5.73 Å². The van der Waals surface area contributed by atoms with Crippen LogP contribution in [0.4, 0.5) is 0 Å². The quantitative estimate of drug-likeness (QED) is 0.608. The average molecular weight is 204 g/mol. The first-order chi connectivity index (χ1) is 6.07. The summed E-state index contributed by atoms with van der Waals surface area (Å²) in [4.78, 5) is 2.23. The summed E-state index contributed by atoms with van der Waals surface area (Å²) in [6.45, 7) is 1.85. The Morgan fingerprint density at radius 3 is 2.54 bits per heavy atom. The largest absolute Gasteiger partial charge is 0.326 e. The smallest absolute Gasteiger partial charge is 0.151 e. The van der Waals surface area contributed by atoms with Crippen molar-refractivity contribution in [1.82, 2.24) is 4.90 Å². The molecule has 0 radical (unpaired) electrons. The van der Waals surface area contributed by atoms with Gasteiger partial charge in [0.25, 0.3) is 0 Å². The van der Waals surface area contributed by atoms with Crippen LogP contribution in [0.25, 0.3) is 0 Å². The van der Waals surface area contributed by atoms with Gasteiger partial charge in [0, 0.05) is 25.2 Å². The third kappa shape index (κ3) is 2.03. The second kappa shape index (κ2) is 3.22. The minimum absolute atomic E-state index is 0.249. The van der Waals surface area contributed by atoms with Crippen molar-refractivity contribution in [2.45, 2.75) is 24.9 Å². The molecule has 2 aliphatic heterocycles. The Morgan fingerprint density at radius 1 is 1.31 bits per heavy atom. The zero-order valence-electron chi connectivity index (χ0n) is 7.65. The van der Waals surface area contributed by atoms with Crippen molar-refractivity contribution < 1.29 is 8.42 Å². The molecule has 0 aromatic carbocycles. The fourth-order valence-corrected chi connectivity index (χ4v) is 3.97. The van der Waals surface area contributed by atoms with Crippen LogP contribution in [0, 0.1) is 0 Å². The SMILES string of the molecule is NC1CCN(C2CCS(=O)(=O)C2)C1. The molecule has 2 rings (SSSR count). The topological polar surface area (TPSA) is 63.4 Å². The molecule has 2 N–H and O–H groups in total. The Balaban J connectivity index is 1.97. The van der Waals surface area contributed by atoms with Crippen LogP contribution in [0.3, 0.4) is 0 Å². The van der Waals surface area contributed by atoms with Crippen molar-refractivity contribution in [3.8, 4) is 0 Å². The third-order valence-electron chi connectivity index (χ3n) is 2.98. The van der Waals surface area contributed by atoms with E-state index in [-0.39, 0.29) is 12.1 Å². The molecular formula is C8H16N2O2S. The summed E-state index contributed by atoms with van der Waals surface area (Å²) in [5, 5.41) is 0. The van der Waals surface area contributed by atoms with Gasteiger partial charge in [-0.1, -0.05) is 0 Å². The van der Waals surface area contributed by atoms with Gasteiger partial charge in [-0.05, 0) is 12.8 Å². The van der Waals surface area contributed by atoms with Crippen molar-refractivity contribution in [3.05, 3.63) is 0 Å². The van der Waals surface area contributed by atoms with Crippen molar-refractivity contribution in [1.29, 1.82) is 0 Å². The molecule has 0 aromatic heterocycles. The molecule has 0 saturated carbocycles. The monoisotopic (exact) mass is 204 g/mol. The molecule has 76 valence electrons. The lowest BCUT2D eigenvalue weighted by molar-refractivity contribution is 0.260. The summed E-state index contributed by atoms with van der Waals surface area (Å²) in [7, 11) is -2.73. The lowest BCUT2D eigenvalue weighted by Gasteiger charge is -2.21. The van der Waals surface area contributed by atoms with E-state index in [9.17, 15) is 8.42 Å². The zero-order valence-corrected chi connectivity index (χ0v) is 8.46. The van der Waals surface area contributed by atoms with Gasteiger partial charge >= 0.3 is 0 Å². The number of nitrogens with zero attached hydrogens (tertiary/aromatic N) is 1. The van der Waals surface area contributed by atoms with Crippen molar-refractivity contribution >= 4 is 9.84 Å². The molecule has 2 heterocycles. The first kappa shape index (κ1) is 9.43. The van der Waals surface area contributed by atoms with Gasteiger partial charge in [0.15, 0.2) is 9.84 Å². The maximum atomic E-state index is 11.2. The first-order valence-electron chi connectivity index (χ1n) is 4.77. The highest BCUT2D eigenvalue weighted by Crippen LogP contribution is 2.21. The van der Waals surface area contributed by atoms with Crippen LogP contribution in [0.1, 0.15) is 12.8 Å². The van der Waals surface area contributed by atoms with Crippen LogP contribution in [0.15, 0.2) is 0 Å². The molecule has 2 atom stereocenters. The molecule has 0 aliphatic carbocycles. The van der Waals surface area contributed by atoms with Gasteiger partial charge < -0.3 is 5.73 Å². The maximum absolute atomic E-state index is 11.2. The standard InChI is InChI=1S/C8H16N2O2S/c9-7-1-3-10(5-7)8-2-4-13(11,12)6-8/h7-8H,1-6,9H2. The number of rotatable bonds is 1. The van der Waals surface area contributed by atoms with Crippen LogP contribution in [-0.4, -0.2) is 50.0 Å². The Bertz CT molecular complexity index is 289. The van der Waals surface area contributed by atoms with E-state index in [1.165, 1.54) is 0 Å². The van der Waals surface area contributed by atoms with Crippen LogP contribution in [0.2, 0.25) is 0 Å². The first-order valence-corrected chi connectivity index (χ1v) is 6.59. The van der Waals surface area contributed by atoms with E-state index < -0.39 is 9.84 Å². The van der Waals surface area contributed by atoms with Gasteiger partial charge in [0.1, 0.15) is 0 Å². The van der Waals surface area contributed by atoms with Gasteiger partial charge in [-0.15, -0.1) is 0 Å². The summed E-state index contributed by atoms with van der Waals surface area (Å²) in [6, 6.07) is 0.502. The summed E-state index contributed by atoms with van der Waals surface area (Å²) < 4.78 is 22.4. The predicted octanol–water partition coefficient (Wildman–Crippen LogP) is -0.793. The van der Waals surface area contributed by atoms with Crippen LogP contribution < -0.4 is 5.73 Å². The molecular weight excluding hydrogens is 188 g/mol. The number of sulfone groups is 1. The van der Waals surface area contributed by atoms with E-state index in [0.29, 0.717) is 11.5 Å². The molecule has 2 aliphatic rings. The second-order valence-electron chi connectivity index (χ2n) is 4.10. The molecule has 2 unspecified atom stereocenters. The lowest BCUT2D eigenvalue weighted by Crippen LogP contribution is -2.36. The normalized spacial score (nSPS) is 39.8.